The molecule has 0 bridgehead atoms. The summed E-state index contributed by atoms with van der Waals surface area (Å²) in [5.74, 6) is -0.613. The maximum Gasteiger partial charge on any atom is 0.322 e. The molecule has 0 aromatic heterocycles. The number of hydrogen-bond acceptors (Lipinski definition) is 3. The van der Waals surface area contributed by atoms with E-state index in [1.807, 2.05) is 0 Å². The van der Waals surface area contributed by atoms with Gasteiger partial charge in [-0.2, -0.15) is 0 Å². The molecule has 5 heteroatoms. The molecule has 2 unspecified atom stereocenters. The Kier molecular flexibility index (Phi) is 4.73. The molecule has 2 N–H and O–H groups in total. The van der Waals surface area contributed by atoms with Crippen LogP contribution in [0.2, 0.25) is 0 Å². The second kappa shape index (κ2) is 5.84. The summed E-state index contributed by atoms with van der Waals surface area (Å²) in [5, 5.41) is 10.8. The number of hydrogen-bond donors (Lipinski definition) is 2. The third-order valence-electron chi connectivity index (χ3n) is 3.29. The quantitative estimate of drug-likeness (QED) is 0.726. The van der Waals surface area contributed by atoms with Crippen LogP contribution in [0.25, 0.3) is 0 Å². The highest BCUT2D eigenvalue weighted by Gasteiger charge is 2.25. The molecule has 0 aromatic rings. The van der Waals surface area contributed by atoms with Gasteiger partial charge in [-0.15, -0.1) is 0 Å². The number of rotatable bonds is 4. The number of carboxylic acids is 1. The van der Waals surface area contributed by atoms with Gasteiger partial charge in [0.2, 0.25) is 5.91 Å². The zero-order valence-corrected chi connectivity index (χ0v) is 9.90. The van der Waals surface area contributed by atoms with Crippen LogP contribution < -0.4 is 5.32 Å². The molecule has 0 aromatic carbocycles. The van der Waals surface area contributed by atoms with Crippen molar-refractivity contribution in [2.24, 2.45) is 5.92 Å². The van der Waals surface area contributed by atoms with Gasteiger partial charge in [0.25, 0.3) is 0 Å². The molecule has 1 aliphatic heterocycles. The van der Waals surface area contributed by atoms with Gasteiger partial charge in [0.1, 0.15) is 6.54 Å². The minimum absolute atomic E-state index is 0.205. The lowest BCUT2D eigenvalue weighted by Crippen LogP contribution is -2.47. The average Bonchev–Trinajstić information content (AvgIpc) is 2.22. The number of carboxylic acid groups (broad SMARTS) is 1. The van der Waals surface area contributed by atoms with Crippen molar-refractivity contribution in [3.05, 3.63) is 0 Å². The minimum atomic E-state index is -1.01. The summed E-state index contributed by atoms with van der Waals surface area (Å²) in [5.41, 5.74) is 0. The van der Waals surface area contributed by atoms with Crippen LogP contribution >= 0.6 is 0 Å². The van der Waals surface area contributed by atoms with Crippen molar-refractivity contribution in [2.75, 3.05) is 19.6 Å². The minimum Gasteiger partial charge on any atom is -0.480 e. The fourth-order valence-electron chi connectivity index (χ4n) is 2.06. The molecule has 5 nitrogen and oxygen atoms in total. The van der Waals surface area contributed by atoms with Crippen LogP contribution in [-0.4, -0.2) is 47.6 Å². The van der Waals surface area contributed by atoms with E-state index in [1.54, 1.807) is 0 Å². The van der Waals surface area contributed by atoms with E-state index in [-0.39, 0.29) is 12.5 Å². The zero-order valence-electron chi connectivity index (χ0n) is 9.90. The van der Waals surface area contributed by atoms with Crippen molar-refractivity contribution < 1.29 is 14.7 Å². The average molecular weight is 228 g/mol. The number of aliphatic carboxylic acids is 1. The Labute approximate surface area is 95.8 Å². The fourth-order valence-corrected chi connectivity index (χ4v) is 2.06. The van der Waals surface area contributed by atoms with E-state index in [0.717, 1.165) is 13.0 Å². The molecule has 1 saturated heterocycles. The topological polar surface area (TPSA) is 69.6 Å². The summed E-state index contributed by atoms with van der Waals surface area (Å²) in [4.78, 5) is 23.9. The van der Waals surface area contributed by atoms with Crippen molar-refractivity contribution in [3.8, 4) is 0 Å². The van der Waals surface area contributed by atoms with Gasteiger partial charge >= 0.3 is 5.97 Å². The van der Waals surface area contributed by atoms with Gasteiger partial charge in [-0.1, -0.05) is 6.92 Å². The van der Waals surface area contributed by atoms with E-state index in [0.29, 0.717) is 18.5 Å². The maximum absolute atomic E-state index is 11.5. The summed E-state index contributed by atoms with van der Waals surface area (Å²) in [7, 11) is 0. The highest BCUT2D eigenvalue weighted by atomic mass is 16.4. The molecule has 92 valence electrons. The molecule has 0 spiro atoms. The molecule has 0 saturated carbocycles. The standard InChI is InChI=1S/C11H20N2O3/c1-8-4-3-5-13(9(8)2)7-10(14)12-6-11(15)16/h8-9H,3-7H2,1-2H3,(H,12,14)(H,15,16). The van der Waals surface area contributed by atoms with Crippen molar-refractivity contribution >= 4 is 11.9 Å². The summed E-state index contributed by atoms with van der Waals surface area (Å²) in [6, 6.07) is 0.393. The Morgan fingerprint density at radius 3 is 2.75 bits per heavy atom. The third kappa shape index (κ3) is 3.81. The SMILES string of the molecule is CC1CCCN(CC(=O)NCC(=O)O)C1C. The third-order valence-corrected chi connectivity index (χ3v) is 3.29. The normalized spacial score (nSPS) is 26.4. The highest BCUT2D eigenvalue weighted by Crippen LogP contribution is 2.22. The van der Waals surface area contributed by atoms with E-state index < -0.39 is 5.97 Å². The van der Waals surface area contributed by atoms with E-state index in [4.69, 9.17) is 5.11 Å². The van der Waals surface area contributed by atoms with E-state index in [2.05, 4.69) is 24.1 Å². The first-order valence-electron chi connectivity index (χ1n) is 5.73. The van der Waals surface area contributed by atoms with Gasteiger partial charge in [-0.25, -0.2) is 0 Å². The van der Waals surface area contributed by atoms with Crippen LogP contribution in [0, 0.1) is 5.92 Å². The van der Waals surface area contributed by atoms with Gasteiger partial charge < -0.3 is 10.4 Å². The molecule has 1 amide bonds. The first-order chi connectivity index (χ1) is 7.50. The van der Waals surface area contributed by atoms with Crippen molar-refractivity contribution in [2.45, 2.75) is 32.7 Å². The second-order valence-corrected chi connectivity index (χ2v) is 4.50. The smallest absolute Gasteiger partial charge is 0.322 e. The Balaban J connectivity index is 2.35. The molecule has 0 aliphatic carbocycles. The van der Waals surface area contributed by atoms with Crippen LogP contribution in [0.15, 0.2) is 0 Å². The van der Waals surface area contributed by atoms with Gasteiger partial charge in [0.05, 0.1) is 6.54 Å². The van der Waals surface area contributed by atoms with Crippen molar-refractivity contribution in [1.29, 1.82) is 0 Å². The predicted molar refractivity (Wildman–Crippen MR) is 60.1 cm³/mol. The zero-order chi connectivity index (χ0) is 12.1. The Morgan fingerprint density at radius 1 is 1.44 bits per heavy atom. The van der Waals surface area contributed by atoms with E-state index in [9.17, 15) is 9.59 Å². The molecule has 1 rings (SSSR count). The summed E-state index contributed by atoms with van der Waals surface area (Å²) in [6.07, 6.45) is 2.31. The molecule has 0 radical (unpaired) electrons. The second-order valence-electron chi connectivity index (χ2n) is 4.50. The maximum atomic E-state index is 11.5. The summed E-state index contributed by atoms with van der Waals surface area (Å²) < 4.78 is 0. The number of carbonyl (C=O) groups excluding carboxylic acids is 1. The Morgan fingerprint density at radius 2 is 2.12 bits per heavy atom. The Hall–Kier alpha value is -1.10. The van der Waals surface area contributed by atoms with Crippen LogP contribution in [0.3, 0.4) is 0 Å². The first kappa shape index (κ1) is 13.0. The Bertz CT molecular complexity index is 268. The van der Waals surface area contributed by atoms with Crippen LogP contribution in [0.5, 0.6) is 0 Å². The fraction of sp³-hybridized carbons (Fsp3) is 0.818. The van der Waals surface area contributed by atoms with Gasteiger partial charge in [0, 0.05) is 6.04 Å². The molecular weight excluding hydrogens is 208 g/mol. The van der Waals surface area contributed by atoms with Gasteiger partial charge in [-0.3, -0.25) is 14.5 Å². The predicted octanol–water partition coefficient (Wildman–Crippen LogP) is 0.308. The van der Waals surface area contributed by atoms with Crippen LogP contribution in [-0.2, 0) is 9.59 Å². The number of piperidine rings is 1. The molecular formula is C11H20N2O3. The molecule has 1 aliphatic rings. The highest BCUT2D eigenvalue weighted by molar-refractivity contribution is 5.82. The van der Waals surface area contributed by atoms with E-state index in [1.165, 1.54) is 6.42 Å². The van der Waals surface area contributed by atoms with Gasteiger partial charge in [-0.05, 0) is 32.2 Å². The van der Waals surface area contributed by atoms with Crippen LogP contribution in [0.4, 0.5) is 0 Å². The molecule has 1 heterocycles. The first-order valence-corrected chi connectivity index (χ1v) is 5.73. The van der Waals surface area contributed by atoms with Crippen molar-refractivity contribution in [3.63, 3.8) is 0 Å². The number of likely N-dealkylation sites (tertiary alicyclic amines) is 1. The number of nitrogens with one attached hydrogen (secondary N) is 1. The monoisotopic (exact) mass is 228 g/mol. The summed E-state index contributed by atoms with van der Waals surface area (Å²) >= 11 is 0. The number of carbonyl (C=O) groups is 2. The molecule has 2 atom stereocenters. The molecule has 1 fully saturated rings. The molecule has 16 heavy (non-hydrogen) atoms. The summed E-state index contributed by atoms with van der Waals surface area (Å²) in [6.45, 7) is 5.24. The number of amides is 1. The van der Waals surface area contributed by atoms with E-state index >= 15 is 0 Å². The lowest BCUT2D eigenvalue weighted by Gasteiger charge is -2.37. The van der Waals surface area contributed by atoms with Gasteiger partial charge in [0.15, 0.2) is 0 Å². The largest absolute Gasteiger partial charge is 0.480 e. The lowest BCUT2D eigenvalue weighted by atomic mass is 9.92. The van der Waals surface area contributed by atoms with Crippen molar-refractivity contribution in [1.82, 2.24) is 10.2 Å². The van der Waals surface area contributed by atoms with Crippen LogP contribution in [0.1, 0.15) is 26.7 Å². The lowest BCUT2D eigenvalue weighted by molar-refractivity contribution is -0.138. The number of nitrogens with zero attached hydrogens (tertiary/aromatic N) is 1.